The summed E-state index contributed by atoms with van der Waals surface area (Å²) in [7, 11) is 0. The number of hydrogen-bond donors (Lipinski definition) is 0. The number of halogens is 1. The van der Waals surface area contributed by atoms with Crippen LogP contribution in [0.5, 0.6) is 0 Å². The van der Waals surface area contributed by atoms with Gasteiger partial charge in [-0.3, -0.25) is 0 Å². The number of rotatable bonds is 4. The van der Waals surface area contributed by atoms with Gasteiger partial charge in [0, 0.05) is 31.3 Å². The number of aromatic nitrogens is 3. The molecule has 0 spiro atoms. The van der Waals surface area contributed by atoms with Crippen molar-refractivity contribution in [3.8, 4) is 45.0 Å². The van der Waals surface area contributed by atoms with Gasteiger partial charge in [-0.25, -0.2) is 4.98 Å². The molecule has 7 aromatic rings. The van der Waals surface area contributed by atoms with Crippen LogP contribution in [0, 0.1) is 0 Å². The maximum Gasteiger partial charge on any atom is 0.226 e. The van der Waals surface area contributed by atoms with Crippen LogP contribution in [0.2, 0.25) is 5.28 Å². The fraction of sp³-hybridized carbons (Fsp3) is 0. The SMILES string of the molecule is Clc1nc(-c2ccc(-c3cccc4c3sc3ccccc34)cc2)nc(-c2ccccc2-c2ccccc2)n1. The Kier molecular flexibility index (Phi) is 5.69. The molecule has 5 heteroatoms. The molecule has 0 radical (unpaired) electrons. The van der Waals surface area contributed by atoms with Gasteiger partial charge in [-0.05, 0) is 39.9 Å². The Bertz CT molecular complexity index is 1930. The molecule has 0 aliphatic heterocycles. The van der Waals surface area contributed by atoms with E-state index >= 15 is 0 Å². The van der Waals surface area contributed by atoms with Crippen LogP contribution in [-0.2, 0) is 0 Å². The molecule has 5 aromatic carbocycles. The van der Waals surface area contributed by atoms with Crippen molar-refractivity contribution in [2.24, 2.45) is 0 Å². The summed E-state index contributed by atoms with van der Waals surface area (Å²) in [6.45, 7) is 0. The number of hydrogen-bond acceptors (Lipinski definition) is 4. The van der Waals surface area contributed by atoms with Crippen LogP contribution in [0.15, 0.2) is 121 Å². The molecule has 0 aliphatic rings. The molecule has 0 bridgehead atoms. The second-order valence-corrected chi connectivity index (χ2v) is 10.4. The molecule has 180 valence electrons. The first-order chi connectivity index (χ1) is 18.7. The van der Waals surface area contributed by atoms with Crippen LogP contribution in [0.3, 0.4) is 0 Å². The van der Waals surface area contributed by atoms with Gasteiger partial charge < -0.3 is 0 Å². The van der Waals surface area contributed by atoms with Crippen LogP contribution in [0.25, 0.3) is 65.2 Å². The molecule has 0 saturated carbocycles. The molecule has 3 nitrogen and oxygen atoms in total. The molecule has 0 aliphatic carbocycles. The van der Waals surface area contributed by atoms with Gasteiger partial charge in [0.05, 0.1) is 0 Å². The normalized spacial score (nSPS) is 11.3. The van der Waals surface area contributed by atoms with Gasteiger partial charge in [0.1, 0.15) is 0 Å². The first kappa shape index (κ1) is 22.8. The summed E-state index contributed by atoms with van der Waals surface area (Å²) in [6.07, 6.45) is 0. The Morgan fingerprint density at radius 2 is 1.05 bits per heavy atom. The average molecular weight is 526 g/mol. The van der Waals surface area contributed by atoms with Gasteiger partial charge in [-0.2, -0.15) is 9.97 Å². The van der Waals surface area contributed by atoms with E-state index in [1.165, 1.54) is 25.7 Å². The highest BCUT2D eigenvalue weighted by Crippen LogP contribution is 2.40. The van der Waals surface area contributed by atoms with Gasteiger partial charge in [0.2, 0.25) is 5.28 Å². The maximum atomic E-state index is 6.42. The number of nitrogens with zero attached hydrogens (tertiary/aromatic N) is 3. The molecule has 0 atom stereocenters. The Labute approximate surface area is 229 Å². The van der Waals surface area contributed by atoms with Crippen LogP contribution >= 0.6 is 22.9 Å². The average Bonchev–Trinajstić information content (AvgIpc) is 3.36. The van der Waals surface area contributed by atoms with E-state index < -0.39 is 0 Å². The van der Waals surface area contributed by atoms with Crippen molar-refractivity contribution in [1.82, 2.24) is 15.0 Å². The van der Waals surface area contributed by atoms with Gasteiger partial charge in [0.25, 0.3) is 0 Å². The molecular formula is C33H20ClN3S. The van der Waals surface area contributed by atoms with Crippen molar-refractivity contribution in [3.63, 3.8) is 0 Å². The third-order valence-corrected chi connectivity index (χ3v) is 8.11. The van der Waals surface area contributed by atoms with E-state index in [1.807, 2.05) is 47.7 Å². The van der Waals surface area contributed by atoms with Crippen molar-refractivity contribution in [2.75, 3.05) is 0 Å². The Morgan fingerprint density at radius 1 is 0.447 bits per heavy atom. The second kappa shape index (κ2) is 9.49. The lowest BCUT2D eigenvalue weighted by atomic mass is 9.99. The zero-order valence-electron chi connectivity index (χ0n) is 20.2. The Morgan fingerprint density at radius 3 is 1.89 bits per heavy atom. The quantitative estimate of drug-likeness (QED) is 0.229. The highest BCUT2D eigenvalue weighted by Gasteiger charge is 2.15. The minimum atomic E-state index is 0.173. The lowest BCUT2D eigenvalue weighted by Gasteiger charge is -2.10. The number of benzene rings is 5. The van der Waals surface area contributed by atoms with Crippen molar-refractivity contribution in [3.05, 3.63) is 127 Å². The summed E-state index contributed by atoms with van der Waals surface area (Å²) >= 11 is 8.25. The van der Waals surface area contributed by atoms with Crippen LogP contribution in [-0.4, -0.2) is 15.0 Å². The summed E-state index contributed by atoms with van der Waals surface area (Å²) in [6, 6.07) is 41.8. The second-order valence-electron chi connectivity index (χ2n) is 9.02. The molecule has 7 rings (SSSR count). The van der Waals surface area contributed by atoms with Crippen LogP contribution in [0.1, 0.15) is 0 Å². The van der Waals surface area contributed by atoms with E-state index in [1.54, 1.807) is 0 Å². The zero-order chi connectivity index (χ0) is 25.5. The summed E-state index contributed by atoms with van der Waals surface area (Å²) in [5, 5.41) is 2.76. The summed E-state index contributed by atoms with van der Waals surface area (Å²) in [5.41, 5.74) is 6.33. The number of fused-ring (bicyclic) bond motifs is 3. The molecule has 0 fully saturated rings. The van der Waals surface area contributed by atoms with Crippen molar-refractivity contribution in [1.29, 1.82) is 0 Å². The van der Waals surface area contributed by atoms with Gasteiger partial charge in [-0.1, -0.05) is 115 Å². The standard InChI is InChI=1S/C33H20ClN3S/c34-33-36-31(35-32(37-33)28-13-5-4-11-24(28)21-9-2-1-3-10-21)23-19-17-22(18-20-23)25-14-8-15-27-26-12-6-7-16-29(26)38-30(25)27/h1-20H. The zero-order valence-corrected chi connectivity index (χ0v) is 21.7. The van der Waals surface area contributed by atoms with Crippen LogP contribution < -0.4 is 0 Å². The Balaban J connectivity index is 1.29. The molecule has 0 saturated heterocycles. The fourth-order valence-corrected chi connectivity index (χ4v) is 6.32. The van der Waals surface area contributed by atoms with Crippen molar-refractivity contribution >= 4 is 43.1 Å². The first-order valence-corrected chi connectivity index (χ1v) is 13.5. The topological polar surface area (TPSA) is 38.7 Å². The lowest BCUT2D eigenvalue weighted by molar-refractivity contribution is 1.07. The highest BCUT2D eigenvalue weighted by atomic mass is 35.5. The number of thiophene rings is 1. The predicted octanol–water partition coefficient (Wildman–Crippen LogP) is 9.56. The van der Waals surface area contributed by atoms with Gasteiger partial charge >= 0.3 is 0 Å². The predicted molar refractivity (Wildman–Crippen MR) is 159 cm³/mol. The lowest BCUT2D eigenvalue weighted by Crippen LogP contribution is -1.98. The van der Waals surface area contributed by atoms with Gasteiger partial charge in [0.15, 0.2) is 11.6 Å². The van der Waals surface area contributed by atoms with E-state index in [-0.39, 0.29) is 5.28 Å². The van der Waals surface area contributed by atoms with Crippen molar-refractivity contribution in [2.45, 2.75) is 0 Å². The summed E-state index contributed by atoms with van der Waals surface area (Å²) in [4.78, 5) is 13.8. The van der Waals surface area contributed by atoms with E-state index in [0.29, 0.717) is 11.6 Å². The maximum absolute atomic E-state index is 6.42. The van der Waals surface area contributed by atoms with Crippen LogP contribution in [0.4, 0.5) is 0 Å². The smallest absolute Gasteiger partial charge is 0.208 e. The molecular weight excluding hydrogens is 506 g/mol. The van der Waals surface area contributed by atoms with E-state index in [4.69, 9.17) is 16.6 Å². The third kappa shape index (κ3) is 4.04. The molecule has 0 unspecified atom stereocenters. The third-order valence-electron chi connectivity index (χ3n) is 6.72. The van der Waals surface area contributed by atoms with Gasteiger partial charge in [-0.15, -0.1) is 11.3 Å². The summed E-state index contributed by atoms with van der Waals surface area (Å²) in [5.74, 6) is 1.10. The molecule has 2 heterocycles. The molecule has 0 amide bonds. The monoisotopic (exact) mass is 525 g/mol. The van der Waals surface area contributed by atoms with Crippen molar-refractivity contribution < 1.29 is 0 Å². The van der Waals surface area contributed by atoms with E-state index in [9.17, 15) is 0 Å². The summed E-state index contributed by atoms with van der Waals surface area (Å²) < 4.78 is 2.60. The molecule has 38 heavy (non-hydrogen) atoms. The minimum Gasteiger partial charge on any atom is -0.208 e. The fourth-order valence-electron chi connectivity index (χ4n) is 4.92. The van der Waals surface area contributed by atoms with E-state index in [2.05, 4.69) is 94.9 Å². The minimum absolute atomic E-state index is 0.173. The van der Waals surface area contributed by atoms with E-state index in [0.717, 1.165) is 27.8 Å². The largest absolute Gasteiger partial charge is 0.226 e. The first-order valence-electron chi connectivity index (χ1n) is 12.3. The molecule has 2 aromatic heterocycles. The Hall–Kier alpha value is -4.38. The molecule has 0 N–H and O–H groups in total. The highest BCUT2D eigenvalue weighted by molar-refractivity contribution is 7.26.